The van der Waals surface area contributed by atoms with Crippen LogP contribution in [0.1, 0.15) is 43.2 Å². The zero-order valence-corrected chi connectivity index (χ0v) is 16.8. The lowest BCUT2D eigenvalue weighted by Crippen LogP contribution is -2.45. The first-order valence-electron chi connectivity index (χ1n) is 10.5. The van der Waals surface area contributed by atoms with Gasteiger partial charge in [0, 0.05) is 38.1 Å². The van der Waals surface area contributed by atoms with Crippen LogP contribution in [0.25, 0.3) is 0 Å². The molecule has 6 heteroatoms. The number of nitrogens with one attached hydrogen (secondary N) is 2. The van der Waals surface area contributed by atoms with Gasteiger partial charge in [-0.2, -0.15) is 0 Å². The van der Waals surface area contributed by atoms with Gasteiger partial charge in [-0.05, 0) is 44.1 Å². The highest BCUT2D eigenvalue weighted by Gasteiger charge is 2.37. The van der Waals surface area contributed by atoms with Crippen molar-refractivity contribution < 1.29 is 14.7 Å². The van der Waals surface area contributed by atoms with Crippen LogP contribution in [-0.4, -0.2) is 60.1 Å². The number of amides is 2. The smallest absolute Gasteiger partial charge is 0.224 e. The Labute approximate surface area is 167 Å². The maximum absolute atomic E-state index is 12.4. The fourth-order valence-corrected chi connectivity index (χ4v) is 4.13. The molecule has 1 aliphatic carbocycles. The van der Waals surface area contributed by atoms with E-state index >= 15 is 0 Å². The molecule has 2 atom stereocenters. The Morgan fingerprint density at radius 3 is 2.61 bits per heavy atom. The minimum absolute atomic E-state index is 0.00369. The second-order valence-electron chi connectivity index (χ2n) is 8.27. The van der Waals surface area contributed by atoms with Gasteiger partial charge in [0.1, 0.15) is 0 Å². The maximum atomic E-state index is 12.4. The number of carbonyl (C=O) groups excluding carboxylic acids is 2. The molecule has 0 bridgehead atoms. The van der Waals surface area contributed by atoms with Crippen molar-refractivity contribution >= 4 is 11.8 Å². The second kappa shape index (κ2) is 10.0. The van der Waals surface area contributed by atoms with Crippen molar-refractivity contribution in [1.29, 1.82) is 0 Å². The van der Waals surface area contributed by atoms with Crippen molar-refractivity contribution in [3.63, 3.8) is 0 Å². The van der Waals surface area contributed by atoms with E-state index in [2.05, 4.69) is 21.6 Å². The summed E-state index contributed by atoms with van der Waals surface area (Å²) in [5, 5.41) is 14.7. The molecule has 0 spiro atoms. The molecular weight excluding hydrogens is 354 g/mol. The quantitative estimate of drug-likeness (QED) is 0.567. The second-order valence-corrected chi connectivity index (χ2v) is 8.27. The number of carbonyl (C=O) groups is 2. The molecule has 0 aromatic heterocycles. The third-order valence-electron chi connectivity index (χ3n) is 5.77. The van der Waals surface area contributed by atoms with Crippen molar-refractivity contribution in [3.8, 4) is 0 Å². The zero-order valence-electron chi connectivity index (χ0n) is 16.8. The lowest BCUT2D eigenvalue weighted by atomic mass is 10.1. The topological polar surface area (TPSA) is 81.7 Å². The molecule has 2 amide bonds. The fraction of sp³-hybridized carbons (Fsp3) is 0.636. The normalized spacial score (nSPS) is 22.2. The van der Waals surface area contributed by atoms with Crippen LogP contribution in [0, 0.1) is 12.8 Å². The monoisotopic (exact) mass is 387 g/mol. The molecular formula is C22H33N3O3. The summed E-state index contributed by atoms with van der Waals surface area (Å²) in [6, 6.07) is 8.60. The summed E-state index contributed by atoms with van der Waals surface area (Å²) in [5.41, 5.74) is 2.20. The summed E-state index contributed by atoms with van der Waals surface area (Å²) >= 11 is 0. The standard InChI is InChI=1S/C22H33N3O3/c1-16-3-2-4-18(11-16)12-21(27)24-14-20-8-7-19(13-22(28)23-9-10-26)25(20)15-17-5-6-17/h2-4,11,17,19-20,26H,5-10,12-15H2,1H3,(H,23,28)(H,24,27)/t19-,20+/m1/s1. The molecule has 2 aliphatic rings. The van der Waals surface area contributed by atoms with Crippen LogP contribution < -0.4 is 10.6 Å². The number of aliphatic hydroxyl groups is 1. The molecule has 3 N–H and O–H groups in total. The van der Waals surface area contributed by atoms with E-state index in [9.17, 15) is 9.59 Å². The predicted octanol–water partition coefficient (Wildman–Crippen LogP) is 1.40. The summed E-state index contributed by atoms with van der Waals surface area (Å²) in [5.74, 6) is 0.802. The Morgan fingerprint density at radius 1 is 1.11 bits per heavy atom. The number of aliphatic hydroxyl groups excluding tert-OH is 1. The molecule has 6 nitrogen and oxygen atoms in total. The third-order valence-corrected chi connectivity index (χ3v) is 5.77. The minimum atomic E-state index is -0.0300. The van der Waals surface area contributed by atoms with Crippen LogP contribution in [0.5, 0.6) is 0 Å². The molecule has 1 aromatic carbocycles. The van der Waals surface area contributed by atoms with E-state index in [0.29, 0.717) is 32.0 Å². The van der Waals surface area contributed by atoms with Crippen LogP contribution in [0.2, 0.25) is 0 Å². The van der Waals surface area contributed by atoms with Gasteiger partial charge in [-0.25, -0.2) is 0 Å². The SMILES string of the molecule is Cc1cccc(CC(=O)NC[C@@H]2CC[C@H](CC(=O)NCCO)N2CC2CC2)c1. The first kappa shape index (κ1) is 20.8. The molecule has 28 heavy (non-hydrogen) atoms. The lowest BCUT2D eigenvalue weighted by molar-refractivity contribution is -0.123. The van der Waals surface area contributed by atoms with E-state index in [0.717, 1.165) is 30.9 Å². The number of aryl methyl sites for hydroxylation is 1. The Kier molecular flexibility index (Phi) is 7.45. The molecule has 3 rings (SSSR count). The Bertz CT molecular complexity index is 675. The minimum Gasteiger partial charge on any atom is -0.395 e. The van der Waals surface area contributed by atoms with Gasteiger partial charge in [0.25, 0.3) is 0 Å². The molecule has 1 aliphatic heterocycles. The highest BCUT2D eigenvalue weighted by Crippen LogP contribution is 2.35. The van der Waals surface area contributed by atoms with Crippen LogP contribution in [-0.2, 0) is 16.0 Å². The fourth-order valence-electron chi connectivity index (χ4n) is 4.13. The van der Waals surface area contributed by atoms with Gasteiger partial charge in [-0.15, -0.1) is 0 Å². The lowest BCUT2D eigenvalue weighted by Gasteiger charge is -2.30. The van der Waals surface area contributed by atoms with Gasteiger partial charge in [-0.3, -0.25) is 14.5 Å². The summed E-state index contributed by atoms with van der Waals surface area (Å²) in [7, 11) is 0. The third kappa shape index (κ3) is 6.31. The van der Waals surface area contributed by atoms with E-state index in [1.807, 2.05) is 25.1 Å². The molecule has 154 valence electrons. The number of hydrogen-bond donors (Lipinski definition) is 3. The number of likely N-dealkylation sites (tertiary alicyclic amines) is 1. The Morgan fingerprint density at radius 2 is 1.89 bits per heavy atom. The van der Waals surface area contributed by atoms with Gasteiger partial charge >= 0.3 is 0 Å². The van der Waals surface area contributed by atoms with Crippen molar-refractivity contribution in [2.75, 3.05) is 26.2 Å². The average molecular weight is 388 g/mol. The maximum Gasteiger partial charge on any atom is 0.224 e. The average Bonchev–Trinajstić information content (AvgIpc) is 3.41. The van der Waals surface area contributed by atoms with E-state index in [4.69, 9.17) is 5.11 Å². The van der Waals surface area contributed by atoms with E-state index in [1.54, 1.807) is 0 Å². The molecule has 2 fully saturated rings. The molecule has 1 saturated carbocycles. The Hall–Kier alpha value is -1.92. The zero-order chi connectivity index (χ0) is 19.9. The van der Waals surface area contributed by atoms with Crippen molar-refractivity contribution in [2.24, 2.45) is 5.92 Å². The van der Waals surface area contributed by atoms with Crippen molar-refractivity contribution in [3.05, 3.63) is 35.4 Å². The highest BCUT2D eigenvalue weighted by atomic mass is 16.3. The van der Waals surface area contributed by atoms with Gasteiger partial charge in [0.2, 0.25) is 11.8 Å². The van der Waals surface area contributed by atoms with Crippen LogP contribution in [0.15, 0.2) is 24.3 Å². The molecule has 1 saturated heterocycles. The van der Waals surface area contributed by atoms with Crippen LogP contribution in [0.3, 0.4) is 0 Å². The van der Waals surface area contributed by atoms with Crippen LogP contribution in [0.4, 0.5) is 0 Å². The predicted molar refractivity (Wildman–Crippen MR) is 109 cm³/mol. The van der Waals surface area contributed by atoms with Crippen molar-refractivity contribution in [2.45, 2.75) is 57.5 Å². The highest BCUT2D eigenvalue weighted by molar-refractivity contribution is 5.78. The largest absolute Gasteiger partial charge is 0.395 e. The molecule has 1 aromatic rings. The summed E-state index contributed by atoms with van der Waals surface area (Å²) in [6.07, 6.45) is 5.41. The van der Waals surface area contributed by atoms with E-state index in [-0.39, 0.29) is 24.5 Å². The van der Waals surface area contributed by atoms with E-state index < -0.39 is 0 Å². The van der Waals surface area contributed by atoms with Gasteiger partial charge in [0.05, 0.1) is 13.0 Å². The van der Waals surface area contributed by atoms with Gasteiger partial charge < -0.3 is 15.7 Å². The number of hydrogen-bond acceptors (Lipinski definition) is 4. The van der Waals surface area contributed by atoms with Gasteiger partial charge in [-0.1, -0.05) is 29.8 Å². The van der Waals surface area contributed by atoms with E-state index in [1.165, 1.54) is 18.4 Å². The first-order valence-corrected chi connectivity index (χ1v) is 10.5. The first-order chi connectivity index (χ1) is 13.5. The number of nitrogens with zero attached hydrogens (tertiary/aromatic N) is 1. The summed E-state index contributed by atoms with van der Waals surface area (Å²) < 4.78 is 0. The summed E-state index contributed by atoms with van der Waals surface area (Å²) in [4.78, 5) is 26.9. The van der Waals surface area contributed by atoms with Crippen molar-refractivity contribution in [1.82, 2.24) is 15.5 Å². The van der Waals surface area contributed by atoms with Crippen LogP contribution >= 0.6 is 0 Å². The molecule has 0 unspecified atom stereocenters. The number of rotatable bonds is 10. The summed E-state index contributed by atoms with van der Waals surface area (Å²) in [6.45, 7) is 3.99. The molecule has 0 radical (unpaired) electrons. The molecule has 1 heterocycles. The number of benzene rings is 1. The Balaban J connectivity index is 1.50. The van der Waals surface area contributed by atoms with Gasteiger partial charge in [0.15, 0.2) is 0 Å².